The van der Waals surface area contributed by atoms with E-state index in [4.69, 9.17) is 16.6 Å². The predicted octanol–water partition coefficient (Wildman–Crippen LogP) is 3.14. The minimum atomic E-state index is 0.383. The summed E-state index contributed by atoms with van der Waals surface area (Å²) in [6, 6.07) is 0.383. The van der Waals surface area contributed by atoms with E-state index in [1.165, 1.54) is 60.8 Å². The molecule has 2 aromatic rings. The average molecular weight is 338 g/mol. The Morgan fingerprint density at radius 1 is 1.27 bits per heavy atom. The molecule has 0 amide bonds. The van der Waals surface area contributed by atoms with Gasteiger partial charge in [-0.3, -0.25) is 4.90 Å². The van der Waals surface area contributed by atoms with Gasteiger partial charge in [-0.05, 0) is 45.1 Å². The second kappa shape index (κ2) is 5.91. The molecule has 118 valence electrons. The molecule has 0 unspecified atom stereocenters. The molecule has 1 aliphatic carbocycles. The Kier molecular flexibility index (Phi) is 3.92. The van der Waals surface area contributed by atoms with Crippen molar-refractivity contribution in [2.75, 3.05) is 6.54 Å². The third-order valence-corrected chi connectivity index (χ3v) is 5.92. The molecular weight excluding hydrogens is 318 g/mol. The molecule has 0 saturated carbocycles. The van der Waals surface area contributed by atoms with Crippen LogP contribution < -0.4 is 0 Å². The highest BCUT2D eigenvalue weighted by atomic mass is 35.5. The topological polar surface area (TPSA) is 46.8 Å². The van der Waals surface area contributed by atoms with Crippen LogP contribution in [0.2, 0.25) is 4.34 Å². The lowest BCUT2D eigenvalue weighted by Gasteiger charge is -2.23. The van der Waals surface area contributed by atoms with E-state index in [0.29, 0.717) is 10.4 Å². The van der Waals surface area contributed by atoms with Crippen LogP contribution in [-0.4, -0.2) is 30.6 Å². The van der Waals surface area contributed by atoms with E-state index in [1.54, 1.807) is 0 Å². The lowest BCUT2D eigenvalue weighted by Crippen LogP contribution is -2.25. The van der Waals surface area contributed by atoms with Crippen molar-refractivity contribution in [2.24, 2.45) is 7.05 Å². The van der Waals surface area contributed by atoms with E-state index in [1.807, 2.05) is 0 Å². The van der Waals surface area contributed by atoms with Crippen molar-refractivity contribution < 1.29 is 0 Å². The molecule has 2 aliphatic rings. The smallest absolute Gasteiger partial charge is 0.138 e. The van der Waals surface area contributed by atoms with Crippen LogP contribution in [0.4, 0.5) is 0 Å². The normalized spacial score (nSPS) is 22.2. The Bertz CT molecular complexity index is 680. The molecule has 1 atom stereocenters. The fourth-order valence-electron chi connectivity index (χ4n) is 3.80. The van der Waals surface area contributed by atoms with Crippen LogP contribution in [0.25, 0.3) is 0 Å². The molecule has 1 saturated heterocycles. The van der Waals surface area contributed by atoms with Crippen molar-refractivity contribution in [3.63, 3.8) is 0 Å². The van der Waals surface area contributed by atoms with E-state index in [2.05, 4.69) is 26.1 Å². The van der Waals surface area contributed by atoms with Gasteiger partial charge in [0.05, 0.1) is 11.7 Å². The Hall–Kier alpha value is -0.980. The number of imidazole rings is 1. The molecule has 0 bridgehead atoms. The van der Waals surface area contributed by atoms with Gasteiger partial charge in [-0.25, -0.2) is 4.98 Å². The van der Waals surface area contributed by atoms with Crippen LogP contribution in [0.5, 0.6) is 0 Å². The highest BCUT2D eigenvalue weighted by Crippen LogP contribution is 2.35. The van der Waals surface area contributed by atoms with Gasteiger partial charge in [0.1, 0.15) is 15.9 Å². The summed E-state index contributed by atoms with van der Waals surface area (Å²) in [5.74, 6) is 1.23. The van der Waals surface area contributed by atoms with E-state index in [-0.39, 0.29) is 0 Å². The first-order valence-electron chi connectivity index (χ1n) is 7.99. The van der Waals surface area contributed by atoms with Crippen LogP contribution in [0.3, 0.4) is 0 Å². The molecule has 0 aromatic carbocycles. The minimum Gasteiger partial charge on any atom is -0.334 e. The lowest BCUT2D eigenvalue weighted by atomic mass is 10.0. The van der Waals surface area contributed by atoms with Crippen molar-refractivity contribution in [1.29, 1.82) is 0 Å². The first-order valence-corrected chi connectivity index (χ1v) is 9.14. The van der Waals surface area contributed by atoms with Gasteiger partial charge in [-0.15, -0.1) is 5.10 Å². The van der Waals surface area contributed by atoms with Gasteiger partial charge in [0.25, 0.3) is 0 Å². The molecule has 0 radical (unpaired) electrons. The quantitative estimate of drug-likeness (QED) is 0.863. The number of halogens is 1. The highest BCUT2D eigenvalue weighted by Gasteiger charge is 2.32. The molecule has 3 heterocycles. The summed E-state index contributed by atoms with van der Waals surface area (Å²) in [6.07, 6.45) is 7.25. The van der Waals surface area contributed by atoms with Gasteiger partial charge < -0.3 is 4.57 Å². The van der Waals surface area contributed by atoms with E-state index in [9.17, 15) is 0 Å². The second-order valence-corrected chi connectivity index (χ2v) is 7.61. The minimum absolute atomic E-state index is 0.383. The van der Waals surface area contributed by atoms with E-state index < -0.39 is 0 Å². The molecule has 7 heteroatoms. The molecule has 4 rings (SSSR count). The maximum atomic E-state index is 6.17. The number of nitrogens with zero attached hydrogens (tertiary/aromatic N) is 5. The van der Waals surface area contributed by atoms with Crippen LogP contribution >= 0.6 is 23.1 Å². The monoisotopic (exact) mass is 337 g/mol. The van der Waals surface area contributed by atoms with Crippen molar-refractivity contribution in [1.82, 2.24) is 24.0 Å². The highest BCUT2D eigenvalue weighted by molar-refractivity contribution is 7.10. The van der Waals surface area contributed by atoms with Gasteiger partial charge in [0.2, 0.25) is 0 Å². The second-order valence-electron chi connectivity index (χ2n) is 6.25. The van der Waals surface area contributed by atoms with Crippen molar-refractivity contribution >= 4 is 23.1 Å². The first kappa shape index (κ1) is 14.6. The number of fused-ring (bicyclic) bond motifs is 1. The third kappa shape index (κ3) is 2.47. The Balaban J connectivity index is 1.61. The number of likely N-dealkylation sites (tertiary alicyclic amines) is 1. The number of hydrogen-bond acceptors (Lipinski definition) is 5. The lowest BCUT2D eigenvalue weighted by molar-refractivity contribution is 0.233. The molecule has 5 nitrogen and oxygen atoms in total. The standard InChI is InChI=1S/C15H20ClN5S/c1-20-12-6-3-2-5-10(12)17-15(20)13-7-4-8-21(13)9-11-14(16)22-19-18-11/h13H,2-9H2,1H3/t13-/m1/s1. The summed E-state index contributed by atoms with van der Waals surface area (Å²) in [6.45, 7) is 1.85. The fourth-order valence-corrected chi connectivity index (χ4v) is 4.41. The molecule has 2 aromatic heterocycles. The van der Waals surface area contributed by atoms with Crippen LogP contribution in [0, 0.1) is 0 Å². The summed E-state index contributed by atoms with van der Waals surface area (Å²) >= 11 is 7.44. The zero-order valence-electron chi connectivity index (χ0n) is 12.8. The van der Waals surface area contributed by atoms with Gasteiger partial charge in [0, 0.05) is 30.8 Å². The summed E-state index contributed by atoms with van der Waals surface area (Å²) in [5.41, 5.74) is 3.67. The molecule has 0 spiro atoms. The number of aromatic nitrogens is 4. The maximum Gasteiger partial charge on any atom is 0.138 e. The van der Waals surface area contributed by atoms with Gasteiger partial charge >= 0.3 is 0 Å². The third-order valence-electron chi connectivity index (χ3n) is 4.93. The summed E-state index contributed by atoms with van der Waals surface area (Å²) in [4.78, 5) is 7.44. The Morgan fingerprint density at radius 3 is 2.91 bits per heavy atom. The van der Waals surface area contributed by atoms with Crippen molar-refractivity contribution in [3.05, 3.63) is 27.2 Å². The predicted molar refractivity (Wildman–Crippen MR) is 87.2 cm³/mol. The molecule has 0 N–H and O–H groups in total. The number of aryl methyl sites for hydroxylation is 1. The summed E-state index contributed by atoms with van der Waals surface area (Å²) < 4.78 is 7.00. The largest absolute Gasteiger partial charge is 0.334 e. The van der Waals surface area contributed by atoms with Crippen molar-refractivity contribution in [2.45, 2.75) is 51.1 Å². The van der Waals surface area contributed by atoms with E-state index >= 15 is 0 Å². The molecular formula is C15H20ClN5S. The number of rotatable bonds is 3. The Morgan fingerprint density at radius 2 is 2.14 bits per heavy atom. The molecule has 22 heavy (non-hydrogen) atoms. The molecule has 1 aliphatic heterocycles. The van der Waals surface area contributed by atoms with Crippen LogP contribution in [0.15, 0.2) is 0 Å². The fraction of sp³-hybridized carbons (Fsp3) is 0.667. The Labute approximate surface area is 139 Å². The zero-order valence-corrected chi connectivity index (χ0v) is 14.3. The average Bonchev–Trinajstić information content (AvgIpc) is 3.21. The van der Waals surface area contributed by atoms with E-state index in [0.717, 1.165) is 25.2 Å². The number of hydrogen-bond donors (Lipinski definition) is 0. The summed E-state index contributed by atoms with van der Waals surface area (Å²) in [7, 11) is 2.18. The maximum absolute atomic E-state index is 6.17. The molecule has 1 fully saturated rings. The first-order chi connectivity index (χ1) is 10.7. The van der Waals surface area contributed by atoms with Gasteiger partial charge in [-0.1, -0.05) is 16.1 Å². The van der Waals surface area contributed by atoms with Gasteiger partial charge in [-0.2, -0.15) is 0 Å². The van der Waals surface area contributed by atoms with Crippen LogP contribution in [-0.2, 0) is 26.4 Å². The van der Waals surface area contributed by atoms with Crippen molar-refractivity contribution in [3.8, 4) is 0 Å². The zero-order chi connectivity index (χ0) is 15.1. The SMILES string of the molecule is Cn1c([C@H]2CCCN2Cc2nnsc2Cl)nc2c1CCCC2. The van der Waals surface area contributed by atoms with Gasteiger partial charge in [0.15, 0.2) is 0 Å². The summed E-state index contributed by atoms with van der Waals surface area (Å²) in [5, 5.41) is 4.16. The van der Waals surface area contributed by atoms with Crippen LogP contribution in [0.1, 0.15) is 54.6 Å².